The average molecular weight is 339 g/mol. The van der Waals surface area contributed by atoms with Crippen molar-refractivity contribution in [2.75, 3.05) is 18.8 Å². The Kier molecular flexibility index (Phi) is 5.58. The van der Waals surface area contributed by atoms with E-state index in [4.69, 9.17) is 5.73 Å². The lowest BCUT2D eigenvalue weighted by Crippen LogP contribution is -2.44. The summed E-state index contributed by atoms with van der Waals surface area (Å²) in [5.74, 6) is 0.883. The topological polar surface area (TPSA) is 66.6 Å². The van der Waals surface area contributed by atoms with Crippen LogP contribution in [0.3, 0.4) is 0 Å². The van der Waals surface area contributed by atoms with Crippen LogP contribution >= 0.6 is 12.4 Å². The van der Waals surface area contributed by atoms with Crippen molar-refractivity contribution in [1.82, 2.24) is 4.90 Å². The molecule has 3 rings (SSSR count). The summed E-state index contributed by atoms with van der Waals surface area (Å²) in [7, 11) is 0. The molecule has 0 aromatic heterocycles. The zero-order valence-corrected chi connectivity index (χ0v) is 14.5. The molecule has 1 amide bonds. The minimum atomic E-state index is -0.570. The van der Waals surface area contributed by atoms with E-state index in [1.165, 1.54) is 0 Å². The van der Waals surface area contributed by atoms with Crippen LogP contribution in [0, 0.1) is 11.8 Å². The Balaban J connectivity index is 0.00000192. The molecule has 1 aromatic carbocycles. The van der Waals surface area contributed by atoms with Gasteiger partial charge in [0.05, 0.1) is 12.0 Å². The third-order valence-corrected chi connectivity index (χ3v) is 5.62. The highest BCUT2D eigenvalue weighted by Crippen LogP contribution is 2.44. The summed E-state index contributed by atoms with van der Waals surface area (Å²) in [6.07, 6.45) is 4.30. The Morgan fingerprint density at radius 2 is 2.04 bits per heavy atom. The molecule has 1 aromatic rings. The highest BCUT2D eigenvalue weighted by Gasteiger charge is 2.48. The summed E-state index contributed by atoms with van der Waals surface area (Å²) in [6.45, 7) is 3.57. The van der Waals surface area contributed by atoms with Gasteiger partial charge in [0.15, 0.2) is 0 Å². The minimum Gasteiger partial charge on any atom is -0.399 e. The number of hydrogen-bond acceptors (Lipinski definition) is 3. The number of halogens is 1. The number of fused-ring (bicyclic) bond motifs is 1. The van der Waals surface area contributed by atoms with Gasteiger partial charge in [0, 0.05) is 24.7 Å². The monoisotopic (exact) mass is 338 g/mol. The van der Waals surface area contributed by atoms with Crippen LogP contribution < -0.4 is 5.73 Å². The number of nitrogens with zero attached hydrogens (tertiary/aromatic N) is 1. The van der Waals surface area contributed by atoms with Crippen molar-refractivity contribution >= 4 is 24.0 Å². The Hall–Kier alpha value is -1.26. The first-order valence-electron chi connectivity index (χ1n) is 8.36. The van der Waals surface area contributed by atoms with Crippen LogP contribution in [0.1, 0.15) is 38.2 Å². The van der Waals surface area contributed by atoms with Crippen LogP contribution in [0.2, 0.25) is 0 Å². The molecule has 1 aliphatic heterocycles. The average Bonchev–Trinajstić information content (AvgIpc) is 2.96. The van der Waals surface area contributed by atoms with Crippen molar-refractivity contribution in [3.05, 3.63) is 29.8 Å². The molecule has 0 bridgehead atoms. The van der Waals surface area contributed by atoms with E-state index in [1.807, 2.05) is 29.2 Å². The molecule has 1 aliphatic carbocycles. The number of nitrogens with two attached hydrogens (primary N) is 1. The van der Waals surface area contributed by atoms with Crippen molar-refractivity contribution in [2.45, 2.75) is 44.6 Å². The fraction of sp³-hybridized carbons (Fsp3) is 0.611. The number of rotatable bonds is 3. The van der Waals surface area contributed by atoms with Crippen LogP contribution in [0.15, 0.2) is 24.3 Å². The third kappa shape index (κ3) is 3.64. The number of hydrogen-bond donors (Lipinski definition) is 2. The molecular weight excluding hydrogens is 312 g/mol. The lowest BCUT2D eigenvalue weighted by molar-refractivity contribution is -0.130. The van der Waals surface area contributed by atoms with E-state index in [9.17, 15) is 9.90 Å². The van der Waals surface area contributed by atoms with Gasteiger partial charge in [0.2, 0.25) is 5.91 Å². The number of aliphatic hydroxyl groups is 1. The first-order valence-corrected chi connectivity index (χ1v) is 8.36. The van der Waals surface area contributed by atoms with E-state index in [1.54, 1.807) is 0 Å². The van der Waals surface area contributed by atoms with E-state index in [0.29, 0.717) is 18.9 Å². The van der Waals surface area contributed by atoms with Gasteiger partial charge < -0.3 is 15.7 Å². The zero-order valence-electron chi connectivity index (χ0n) is 13.7. The second-order valence-electron chi connectivity index (χ2n) is 6.93. The van der Waals surface area contributed by atoms with Crippen LogP contribution in [-0.4, -0.2) is 34.6 Å². The van der Waals surface area contributed by atoms with E-state index in [0.717, 1.165) is 43.5 Å². The summed E-state index contributed by atoms with van der Waals surface area (Å²) >= 11 is 0. The van der Waals surface area contributed by atoms with E-state index in [-0.39, 0.29) is 24.2 Å². The predicted octanol–water partition coefficient (Wildman–Crippen LogP) is 2.63. The molecule has 2 fully saturated rings. The predicted molar refractivity (Wildman–Crippen MR) is 94.5 cm³/mol. The zero-order chi connectivity index (χ0) is 15.7. The molecule has 128 valence electrons. The van der Waals surface area contributed by atoms with Crippen LogP contribution in [0.25, 0.3) is 0 Å². The maximum atomic E-state index is 12.6. The molecule has 1 heterocycles. The van der Waals surface area contributed by atoms with Crippen LogP contribution in [-0.2, 0) is 11.2 Å². The number of amides is 1. The molecule has 3 N–H and O–H groups in total. The summed E-state index contributed by atoms with van der Waals surface area (Å²) < 4.78 is 0. The molecule has 2 aliphatic rings. The lowest BCUT2D eigenvalue weighted by Gasteiger charge is -2.40. The van der Waals surface area contributed by atoms with Gasteiger partial charge >= 0.3 is 0 Å². The molecule has 0 unspecified atom stereocenters. The fourth-order valence-corrected chi connectivity index (χ4v) is 4.19. The van der Waals surface area contributed by atoms with Gasteiger partial charge in [-0.3, -0.25) is 4.79 Å². The Morgan fingerprint density at radius 3 is 2.70 bits per heavy atom. The summed E-state index contributed by atoms with van der Waals surface area (Å²) in [5, 5.41) is 10.8. The molecule has 5 heteroatoms. The van der Waals surface area contributed by atoms with Gasteiger partial charge in [-0.25, -0.2) is 0 Å². The Bertz CT molecular complexity index is 548. The molecule has 1 saturated heterocycles. The lowest BCUT2D eigenvalue weighted by atomic mass is 9.69. The Labute approximate surface area is 144 Å². The molecule has 0 spiro atoms. The van der Waals surface area contributed by atoms with Gasteiger partial charge in [-0.2, -0.15) is 0 Å². The standard InChI is InChI=1S/C18H26N2O2.ClH/c1-2-18(22)9-3-4-14-11-20(12-16(14)18)17(21)10-13-5-7-15(19)8-6-13;/h5-8,14,16,22H,2-4,9-12,19H2,1H3;1H/t14-,16+,18-;/m1./s1. The maximum Gasteiger partial charge on any atom is 0.227 e. The van der Waals surface area contributed by atoms with Crippen molar-refractivity contribution in [2.24, 2.45) is 11.8 Å². The molecule has 1 saturated carbocycles. The van der Waals surface area contributed by atoms with Crippen molar-refractivity contribution in [1.29, 1.82) is 0 Å². The normalized spacial score (nSPS) is 29.7. The number of nitrogen functional groups attached to an aromatic ring is 1. The fourth-order valence-electron chi connectivity index (χ4n) is 4.19. The first-order chi connectivity index (χ1) is 10.5. The molecule has 3 atom stereocenters. The first kappa shape index (κ1) is 18.1. The largest absolute Gasteiger partial charge is 0.399 e. The molecule has 23 heavy (non-hydrogen) atoms. The quantitative estimate of drug-likeness (QED) is 0.833. The summed E-state index contributed by atoms with van der Waals surface area (Å²) in [5.41, 5.74) is 6.83. The van der Waals surface area contributed by atoms with E-state index >= 15 is 0 Å². The highest BCUT2D eigenvalue weighted by atomic mass is 35.5. The molecule has 4 nitrogen and oxygen atoms in total. The van der Waals surface area contributed by atoms with Gasteiger partial charge in [0.25, 0.3) is 0 Å². The number of carbonyl (C=O) groups excluding carboxylic acids is 1. The summed E-state index contributed by atoms with van der Waals surface area (Å²) in [6, 6.07) is 7.50. The number of likely N-dealkylation sites (tertiary alicyclic amines) is 1. The van der Waals surface area contributed by atoms with Crippen molar-refractivity contribution < 1.29 is 9.90 Å². The maximum absolute atomic E-state index is 12.6. The second kappa shape index (κ2) is 7.10. The van der Waals surface area contributed by atoms with E-state index in [2.05, 4.69) is 6.92 Å². The number of benzene rings is 1. The molecular formula is C18H27ClN2O2. The SMILES string of the molecule is CC[C@@]1(O)CCC[C@@H]2CN(C(=O)Cc3ccc(N)cc3)C[C@@H]21.Cl. The van der Waals surface area contributed by atoms with Gasteiger partial charge in [-0.15, -0.1) is 12.4 Å². The van der Waals surface area contributed by atoms with Gasteiger partial charge in [-0.05, 0) is 42.9 Å². The third-order valence-electron chi connectivity index (χ3n) is 5.62. The van der Waals surface area contributed by atoms with Crippen molar-refractivity contribution in [3.8, 4) is 0 Å². The Morgan fingerprint density at radius 1 is 1.35 bits per heavy atom. The van der Waals surface area contributed by atoms with Crippen molar-refractivity contribution in [3.63, 3.8) is 0 Å². The second-order valence-corrected chi connectivity index (χ2v) is 6.93. The number of carbonyl (C=O) groups is 1. The van der Waals surface area contributed by atoms with Gasteiger partial charge in [-0.1, -0.05) is 25.5 Å². The number of anilines is 1. The minimum absolute atomic E-state index is 0. The van der Waals surface area contributed by atoms with Crippen LogP contribution in [0.4, 0.5) is 5.69 Å². The molecule has 0 radical (unpaired) electrons. The smallest absolute Gasteiger partial charge is 0.227 e. The van der Waals surface area contributed by atoms with Gasteiger partial charge in [0.1, 0.15) is 0 Å². The summed E-state index contributed by atoms with van der Waals surface area (Å²) in [4.78, 5) is 14.5. The van der Waals surface area contributed by atoms with E-state index < -0.39 is 5.60 Å². The highest BCUT2D eigenvalue weighted by molar-refractivity contribution is 5.85. The van der Waals surface area contributed by atoms with Crippen LogP contribution in [0.5, 0.6) is 0 Å².